The molecule has 0 bridgehead atoms. The van der Waals surface area contributed by atoms with Crippen LogP contribution in [0, 0.1) is 5.82 Å². The summed E-state index contributed by atoms with van der Waals surface area (Å²) in [5, 5.41) is 6.53. The summed E-state index contributed by atoms with van der Waals surface area (Å²) in [7, 11) is 0. The molecule has 0 unspecified atom stereocenters. The first-order chi connectivity index (χ1) is 7.09. The molecule has 4 heteroatoms. The summed E-state index contributed by atoms with van der Waals surface area (Å²) in [5.74, 6) is -0.211. The highest BCUT2D eigenvalue weighted by Gasteiger charge is 2.01. The van der Waals surface area contributed by atoms with Gasteiger partial charge >= 0.3 is 0 Å². The van der Waals surface area contributed by atoms with Crippen LogP contribution in [0.3, 0.4) is 0 Å². The van der Waals surface area contributed by atoms with E-state index in [1.165, 1.54) is 6.07 Å². The number of rotatable bonds is 3. The Kier molecular flexibility index (Phi) is 4.49. The Hall–Kier alpha value is -1.16. The van der Waals surface area contributed by atoms with Crippen molar-refractivity contribution in [1.82, 2.24) is 10.6 Å². The first-order valence-corrected chi connectivity index (χ1v) is 5.28. The van der Waals surface area contributed by atoms with Crippen molar-refractivity contribution < 1.29 is 4.39 Å². The lowest BCUT2D eigenvalue weighted by Gasteiger charge is -2.13. The summed E-state index contributed by atoms with van der Waals surface area (Å²) in [6.45, 7) is 4.40. The summed E-state index contributed by atoms with van der Waals surface area (Å²) >= 11 is 5.03. The second-order valence-corrected chi connectivity index (χ2v) is 3.98. The highest BCUT2D eigenvalue weighted by Crippen LogP contribution is 2.05. The molecule has 1 aromatic rings. The van der Waals surface area contributed by atoms with E-state index < -0.39 is 0 Å². The molecule has 1 rings (SSSR count). The van der Waals surface area contributed by atoms with Crippen molar-refractivity contribution in [1.29, 1.82) is 0 Å². The number of benzene rings is 1. The first kappa shape index (κ1) is 11.9. The van der Waals surface area contributed by atoms with Crippen LogP contribution in [-0.4, -0.2) is 11.2 Å². The molecule has 0 aromatic heterocycles. The minimum Gasteiger partial charge on any atom is -0.361 e. The third-order valence-corrected chi connectivity index (χ3v) is 2.08. The van der Waals surface area contributed by atoms with Gasteiger partial charge in [0.25, 0.3) is 0 Å². The zero-order valence-corrected chi connectivity index (χ0v) is 9.70. The molecular weight excluding hydrogens is 211 g/mol. The molecular formula is C11H15FN2S. The minimum absolute atomic E-state index is 0.211. The predicted molar refractivity (Wildman–Crippen MR) is 64.1 cm³/mol. The lowest BCUT2D eigenvalue weighted by molar-refractivity contribution is 0.604. The van der Waals surface area contributed by atoms with Crippen molar-refractivity contribution in [2.75, 3.05) is 0 Å². The maximum atomic E-state index is 13.2. The molecule has 0 spiro atoms. The van der Waals surface area contributed by atoms with Gasteiger partial charge in [-0.3, -0.25) is 0 Å². The molecule has 0 saturated carbocycles. The fraction of sp³-hybridized carbons (Fsp3) is 0.364. The Labute approximate surface area is 94.9 Å². The van der Waals surface area contributed by atoms with E-state index in [-0.39, 0.29) is 11.9 Å². The SMILES string of the molecule is CC(C)NC(=S)NCc1ccccc1F. The van der Waals surface area contributed by atoms with Gasteiger partial charge in [-0.25, -0.2) is 4.39 Å². The summed E-state index contributed by atoms with van der Waals surface area (Å²) < 4.78 is 13.2. The van der Waals surface area contributed by atoms with Crippen LogP contribution in [0.1, 0.15) is 19.4 Å². The topological polar surface area (TPSA) is 24.1 Å². The molecule has 82 valence electrons. The number of hydrogen-bond donors (Lipinski definition) is 2. The molecule has 0 heterocycles. The smallest absolute Gasteiger partial charge is 0.166 e. The number of nitrogens with one attached hydrogen (secondary N) is 2. The third-order valence-electron chi connectivity index (χ3n) is 1.82. The van der Waals surface area contributed by atoms with Crippen molar-refractivity contribution in [3.63, 3.8) is 0 Å². The van der Waals surface area contributed by atoms with Crippen molar-refractivity contribution in [2.45, 2.75) is 26.4 Å². The maximum absolute atomic E-state index is 13.2. The second kappa shape index (κ2) is 5.66. The molecule has 2 N–H and O–H groups in total. The van der Waals surface area contributed by atoms with Crippen LogP contribution < -0.4 is 10.6 Å². The third kappa shape index (κ3) is 4.25. The van der Waals surface area contributed by atoms with Crippen molar-refractivity contribution in [2.24, 2.45) is 0 Å². The fourth-order valence-corrected chi connectivity index (χ4v) is 1.44. The van der Waals surface area contributed by atoms with Gasteiger partial charge in [0.05, 0.1) is 0 Å². The normalized spacial score (nSPS) is 10.1. The van der Waals surface area contributed by atoms with Crippen LogP contribution in [-0.2, 0) is 6.54 Å². The van der Waals surface area contributed by atoms with Crippen LogP contribution >= 0.6 is 12.2 Å². The summed E-state index contributed by atoms with van der Waals surface area (Å²) in [4.78, 5) is 0. The van der Waals surface area contributed by atoms with E-state index in [1.807, 2.05) is 13.8 Å². The summed E-state index contributed by atoms with van der Waals surface area (Å²) in [6.07, 6.45) is 0. The largest absolute Gasteiger partial charge is 0.361 e. The molecule has 15 heavy (non-hydrogen) atoms. The van der Waals surface area contributed by atoms with Crippen molar-refractivity contribution >= 4 is 17.3 Å². The molecule has 1 aromatic carbocycles. The molecule has 0 fully saturated rings. The highest BCUT2D eigenvalue weighted by molar-refractivity contribution is 7.80. The monoisotopic (exact) mass is 226 g/mol. The Morgan fingerprint density at radius 3 is 2.67 bits per heavy atom. The molecule has 2 nitrogen and oxygen atoms in total. The van der Waals surface area contributed by atoms with E-state index in [9.17, 15) is 4.39 Å². The van der Waals surface area contributed by atoms with E-state index in [4.69, 9.17) is 12.2 Å². The fourth-order valence-electron chi connectivity index (χ4n) is 1.13. The lowest BCUT2D eigenvalue weighted by Crippen LogP contribution is -2.38. The maximum Gasteiger partial charge on any atom is 0.166 e. The Balaban J connectivity index is 2.44. The van der Waals surface area contributed by atoms with E-state index in [1.54, 1.807) is 18.2 Å². The molecule has 0 radical (unpaired) electrons. The van der Waals surface area contributed by atoms with Gasteiger partial charge in [0.2, 0.25) is 0 Å². The average Bonchev–Trinajstić information content (AvgIpc) is 2.15. The molecule has 0 amide bonds. The van der Waals surface area contributed by atoms with E-state index in [0.29, 0.717) is 17.2 Å². The average molecular weight is 226 g/mol. The van der Waals surface area contributed by atoms with Gasteiger partial charge in [0.15, 0.2) is 5.11 Å². The van der Waals surface area contributed by atoms with Crippen LogP contribution in [0.15, 0.2) is 24.3 Å². The van der Waals surface area contributed by atoms with Gasteiger partial charge in [-0.2, -0.15) is 0 Å². The summed E-state index contributed by atoms with van der Waals surface area (Å²) in [5.41, 5.74) is 0.616. The van der Waals surface area contributed by atoms with E-state index >= 15 is 0 Å². The van der Waals surface area contributed by atoms with Crippen molar-refractivity contribution in [3.8, 4) is 0 Å². The van der Waals surface area contributed by atoms with E-state index in [0.717, 1.165) is 0 Å². The van der Waals surface area contributed by atoms with E-state index in [2.05, 4.69) is 10.6 Å². The molecule has 0 aliphatic rings. The molecule has 0 aliphatic heterocycles. The van der Waals surface area contributed by atoms with Crippen LogP contribution in [0.5, 0.6) is 0 Å². The number of thiocarbonyl (C=S) groups is 1. The zero-order valence-electron chi connectivity index (χ0n) is 8.88. The van der Waals surface area contributed by atoms with Crippen molar-refractivity contribution in [3.05, 3.63) is 35.6 Å². The quantitative estimate of drug-likeness (QED) is 0.773. The molecule has 0 saturated heterocycles. The van der Waals surface area contributed by atoms with Crippen LogP contribution in [0.2, 0.25) is 0 Å². The zero-order chi connectivity index (χ0) is 11.3. The number of halogens is 1. The highest BCUT2D eigenvalue weighted by atomic mass is 32.1. The van der Waals surface area contributed by atoms with Gasteiger partial charge in [0.1, 0.15) is 5.82 Å². The van der Waals surface area contributed by atoms with Gasteiger partial charge < -0.3 is 10.6 Å². The second-order valence-electron chi connectivity index (χ2n) is 3.57. The van der Waals surface area contributed by atoms with Crippen LogP contribution in [0.4, 0.5) is 4.39 Å². The van der Waals surface area contributed by atoms with Gasteiger partial charge in [0, 0.05) is 18.2 Å². The Morgan fingerprint density at radius 2 is 2.07 bits per heavy atom. The first-order valence-electron chi connectivity index (χ1n) is 4.87. The minimum atomic E-state index is -0.211. The van der Waals surface area contributed by atoms with Gasteiger partial charge in [-0.15, -0.1) is 0 Å². The predicted octanol–water partition coefficient (Wildman–Crippen LogP) is 2.20. The Morgan fingerprint density at radius 1 is 1.40 bits per heavy atom. The van der Waals surface area contributed by atoms with Gasteiger partial charge in [-0.05, 0) is 32.1 Å². The molecule has 0 atom stereocenters. The standard InChI is InChI=1S/C11H15FN2S/c1-8(2)14-11(15)13-7-9-5-3-4-6-10(9)12/h3-6,8H,7H2,1-2H3,(H2,13,14,15). The molecule has 0 aliphatic carbocycles. The van der Waals surface area contributed by atoms with Gasteiger partial charge in [-0.1, -0.05) is 18.2 Å². The number of hydrogen-bond acceptors (Lipinski definition) is 1. The summed E-state index contributed by atoms with van der Waals surface area (Å²) in [6, 6.07) is 6.93. The Bertz CT molecular complexity index is 339. The lowest BCUT2D eigenvalue weighted by atomic mass is 10.2. The van der Waals surface area contributed by atoms with Crippen LogP contribution in [0.25, 0.3) is 0 Å².